The van der Waals surface area contributed by atoms with E-state index in [1.165, 1.54) is 103 Å². The minimum absolute atomic E-state index is 0.202. The van der Waals surface area contributed by atoms with Gasteiger partial charge in [-0.3, -0.25) is 14.1 Å². The normalized spacial score (nSPS) is 12.8. The number of unbranched alkanes of at least 4 members (excludes halogenated alkanes) is 24. The minimum Gasteiger partial charge on any atom is -0.462 e. The number of carbonyl (C=O) groups excluding carboxylic acids is 2. The monoisotopic (exact) mass is 832 g/mol. The van der Waals surface area contributed by atoms with Gasteiger partial charge in [0.1, 0.15) is 6.61 Å². The molecule has 0 aliphatic carbocycles. The van der Waals surface area contributed by atoms with Gasteiger partial charge in [0.2, 0.25) is 0 Å². The molecule has 5 N–H and O–H groups in total. The van der Waals surface area contributed by atoms with Crippen LogP contribution in [0.25, 0.3) is 0 Å². The molecule has 0 aromatic heterocycles. The van der Waals surface area contributed by atoms with Crippen LogP contribution in [0.15, 0.2) is 24.3 Å². The van der Waals surface area contributed by atoms with Crippen molar-refractivity contribution in [2.75, 3.05) is 19.8 Å². The van der Waals surface area contributed by atoms with Gasteiger partial charge in [-0.05, 0) is 70.6 Å². The summed E-state index contributed by atoms with van der Waals surface area (Å²) in [5, 5.41) is 8.96. The van der Waals surface area contributed by atoms with Gasteiger partial charge in [0, 0.05) is 19.4 Å². The van der Waals surface area contributed by atoms with Crippen LogP contribution in [0.5, 0.6) is 0 Å². The van der Waals surface area contributed by atoms with Gasteiger partial charge >= 0.3 is 19.8 Å². The molecule has 0 aromatic carbocycles. The van der Waals surface area contributed by atoms with E-state index in [9.17, 15) is 14.2 Å². The quantitative estimate of drug-likeness (QED) is 0.0202. The van der Waals surface area contributed by atoms with E-state index in [1.54, 1.807) is 0 Å². The summed E-state index contributed by atoms with van der Waals surface area (Å²) in [6.45, 7) is 6.21. The average molecular weight is 832 g/mol. The lowest BCUT2D eigenvalue weighted by molar-refractivity contribution is -0.161. The third-order valence-corrected chi connectivity index (χ3v) is 10.3. The van der Waals surface area contributed by atoms with Gasteiger partial charge in [0.25, 0.3) is 0 Å². The standard InChI is InChI=1S/C39H73O8P.C7H17NO/c1-3-5-7-9-11-13-15-17-19-21-23-25-27-29-31-33-38(40)45-35-37(36-46-48(42,43)44)47-39(41)34-32-30-28-26-24-22-20-18-16-14-12-10-8-6-4-2;1-2-3-4-5-7(9)6-8/h17-20,37H,3-16,21-36H2,1-2H3,(H2,42,43,44);7,9H,2-6,8H2,1H3/b19-17-,20-18-;. The van der Waals surface area contributed by atoms with E-state index in [1.807, 2.05) is 0 Å². The number of aliphatic hydroxyl groups is 1. The van der Waals surface area contributed by atoms with E-state index in [4.69, 9.17) is 30.1 Å². The largest absolute Gasteiger partial charge is 0.469 e. The van der Waals surface area contributed by atoms with Crippen LogP contribution in [0.2, 0.25) is 0 Å². The molecule has 0 bridgehead atoms. The van der Waals surface area contributed by atoms with Gasteiger partial charge in [-0.25, -0.2) is 4.57 Å². The second-order valence-electron chi connectivity index (χ2n) is 15.6. The Morgan fingerprint density at radius 3 is 1.32 bits per heavy atom. The van der Waals surface area contributed by atoms with Crippen LogP contribution in [0, 0.1) is 0 Å². The number of esters is 2. The van der Waals surface area contributed by atoms with Crippen molar-refractivity contribution < 1.29 is 43.0 Å². The van der Waals surface area contributed by atoms with Crippen molar-refractivity contribution in [3.05, 3.63) is 24.3 Å². The predicted octanol–water partition coefficient (Wildman–Crippen LogP) is 12.5. The zero-order chi connectivity index (χ0) is 42.5. The smallest absolute Gasteiger partial charge is 0.462 e. The molecule has 0 amide bonds. The fraction of sp³-hybridized carbons (Fsp3) is 0.870. The molecule has 57 heavy (non-hydrogen) atoms. The number of aliphatic hydroxyl groups excluding tert-OH is 1. The summed E-state index contributed by atoms with van der Waals surface area (Å²) in [4.78, 5) is 42.7. The number of phosphoric ester groups is 1. The van der Waals surface area contributed by atoms with E-state index in [0.717, 1.165) is 77.0 Å². The lowest BCUT2D eigenvalue weighted by Crippen LogP contribution is -2.29. The highest BCUT2D eigenvalue weighted by molar-refractivity contribution is 7.46. The Kier molecular flexibility index (Phi) is 46.0. The zero-order valence-electron chi connectivity index (χ0n) is 37.0. The second-order valence-corrected chi connectivity index (χ2v) is 16.9. The summed E-state index contributed by atoms with van der Waals surface area (Å²) in [5.74, 6) is -0.901. The second kappa shape index (κ2) is 45.5. The molecule has 2 unspecified atom stereocenters. The van der Waals surface area contributed by atoms with E-state index in [-0.39, 0.29) is 25.6 Å². The number of hydrogen-bond acceptors (Lipinski definition) is 8. The van der Waals surface area contributed by atoms with E-state index in [2.05, 4.69) is 49.6 Å². The molecule has 0 rings (SSSR count). The van der Waals surface area contributed by atoms with Gasteiger partial charge in [0.15, 0.2) is 6.10 Å². The minimum atomic E-state index is -4.75. The first-order valence-electron chi connectivity index (χ1n) is 23.3. The molecular formula is C46H90NO9P. The van der Waals surface area contributed by atoms with Crippen molar-refractivity contribution in [2.24, 2.45) is 5.73 Å². The molecule has 2 atom stereocenters. The molecular weight excluding hydrogens is 741 g/mol. The number of nitrogens with two attached hydrogens (primary N) is 1. The highest BCUT2D eigenvalue weighted by Crippen LogP contribution is 2.36. The summed E-state index contributed by atoms with van der Waals surface area (Å²) in [6.07, 6.45) is 43.1. The summed E-state index contributed by atoms with van der Waals surface area (Å²) in [7, 11) is -4.75. The molecule has 0 saturated heterocycles. The van der Waals surface area contributed by atoms with E-state index in [0.29, 0.717) is 19.4 Å². The molecule has 11 heteroatoms. The average Bonchev–Trinajstić information content (AvgIpc) is 3.18. The molecule has 338 valence electrons. The van der Waals surface area contributed by atoms with Crippen LogP contribution in [-0.2, 0) is 28.2 Å². The molecule has 0 saturated carbocycles. The van der Waals surface area contributed by atoms with Crippen LogP contribution in [0.3, 0.4) is 0 Å². The maximum absolute atomic E-state index is 12.4. The first kappa shape index (κ1) is 57.5. The number of rotatable bonds is 41. The summed E-state index contributed by atoms with van der Waals surface area (Å²) in [5.41, 5.74) is 5.20. The van der Waals surface area contributed by atoms with E-state index < -0.39 is 32.5 Å². The van der Waals surface area contributed by atoms with Gasteiger partial charge in [-0.2, -0.15) is 0 Å². The topological polar surface area (TPSA) is 166 Å². The van der Waals surface area contributed by atoms with Crippen LogP contribution in [0.1, 0.15) is 226 Å². The van der Waals surface area contributed by atoms with Gasteiger partial charge in [-0.15, -0.1) is 0 Å². The van der Waals surface area contributed by atoms with Crippen molar-refractivity contribution in [2.45, 2.75) is 238 Å². The van der Waals surface area contributed by atoms with Crippen LogP contribution < -0.4 is 5.73 Å². The molecule has 0 fully saturated rings. The number of allylic oxidation sites excluding steroid dienone is 4. The highest BCUT2D eigenvalue weighted by atomic mass is 31.2. The molecule has 0 aliphatic rings. The number of carbonyl (C=O) groups is 2. The van der Waals surface area contributed by atoms with Gasteiger partial charge in [0.05, 0.1) is 12.7 Å². The maximum Gasteiger partial charge on any atom is 0.469 e. The Morgan fingerprint density at radius 1 is 0.544 bits per heavy atom. The molecule has 0 heterocycles. The molecule has 0 spiro atoms. The Morgan fingerprint density at radius 2 is 0.912 bits per heavy atom. The highest BCUT2D eigenvalue weighted by Gasteiger charge is 2.23. The lowest BCUT2D eigenvalue weighted by atomic mass is 10.1. The number of phosphoric acid groups is 1. The Hall–Kier alpha value is -1.55. The Labute approximate surface area is 350 Å². The van der Waals surface area contributed by atoms with Crippen molar-refractivity contribution >= 4 is 19.8 Å². The molecule has 0 radical (unpaired) electrons. The van der Waals surface area contributed by atoms with Crippen molar-refractivity contribution in [3.63, 3.8) is 0 Å². The molecule has 0 aliphatic heterocycles. The third-order valence-electron chi connectivity index (χ3n) is 9.86. The maximum atomic E-state index is 12.4. The lowest BCUT2D eigenvalue weighted by Gasteiger charge is -2.18. The molecule has 0 aromatic rings. The third kappa shape index (κ3) is 50.5. The van der Waals surface area contributed by atoms with Gasteiger partial charge < -0.3 is 30.1 Å². The Bertz CT molecular complexity index is 972. The number of hydrogen-bond donors (Lipinski definition) is 4. The first-order chi connectivity index (χ1) is 27.6. The van der Waals surface area contributed by atoms with Crippen LogP contribution in [-0.4, -0.2) is 58.8 Å². The van der Waals surface area contributed by atoms with Gasteiger partial charge in [-0.1, -0.05) is 167 Å². The van der Waals surface area contributed by atoms with Crippen molar-refractivity contribution in [3.8, 4) is 0 Å². The van der Waals surface area contributed by atoms with Crippen molar-refractivity contribution in [1.82, 2.24) is 0 Å². The number of ether oxygens (including phenoxy) is 2. The van der Waals surface area contributed by atoms with Crippen LogP contribution in [0.4, 0.5) is 0 Å². The fourth-order valence-electron chi connectivity index (χ4n) is 6.23. The Balaban J connectivity index is 0. The summed E-state index contributed by atoms with van der Waals surface area (Å²) >= 11 is 0. The molecule has 10 nitrogen and oxygen atoms in total. The SMILES string of the molecule is CCCCCC(O)CN.CCCCCCCC/C=C\CCCCCCCC(=O)OCC(COP(=O)(O)O)OC(=O)CCCCCCC/C=C\CCCCCCCC. The van der Waals surface area contributed by atoms with Crippen molar-refractivity contribution in [1.29, 1.82) is 0 Å². The fourth-order valence-corrected chi connectivity index (χ4v) is 6.59. The van der Waals surface area contributed by atoms with Crippen LogP contribution >= 0.6 is 7.82 Å². The zero-order valence-corrected chi connectivity index (χ0v) is 37.9. The summed E-state index contributed by atoms with van der Waals surface area (Å²) < 4.78 is 26.3. The first-order valence-corrected chi connectivity index (χ1v) is 24.9. The van der Waals surface area contributed by atoms with E-state index >= 15 is 0 Å². The predicted molar refractivity (Wildman–Crippen MR) is 237 cm³/mol. The summed E-state index contributed by atoms with van der Waals surface area (Å²) in [6, 6.07) is 0.